The summed E-state index contributed by atoms with van der Waals surface area (Å²) in [4.78, 5) is 16.7. The van der Waals surface area contributed by atoms with Gasteiger partial charge in [-0.3, -0.25) is 9.48 Å². The number of aromatic nitrogens is 2. The van der Waals surface area contributed by atoms with E-state index in [1.54, 1.807) is 4.68 Å². The molecule has 24 heavy (non-hydrogen) atoms. The number of rotatable bonds is 3. The zero-order valence-corrected chi connectivity index (χ0v) is 16.1. The summed E-state index contributed by atoms with van der Waals surface area (Å²) >= 11 is 9.56. The van der Waals surface area contributed by atoms with Gasteiger partial charge in [-0.05, 0) is 48.0 Å². The van der Waals surface area contributed by atoms with Crippen molar-refractivity contribution < 1.29 is 4.79 Å². The topological polar surface area (TPSA) is 41.4 Å². The molecule has 1 aliphatic rings. The van der Waals surface area contributed by atoms with Crippen molar-refractivity contribution in [1.29, 1.82) is 0 Å². The molecule has 1 aromatic carbocycles. The Labute approximate surface area is 155 Å². The summed E-state index contributed by atoms with van der Waals surface area (Å²) in [5, 5.41) is 5.15. The van der Waals surface area contributed by atoms with Crippen LogP contribution >= 0.6 is 27.5 Å². The molecule has 0 saturated carbocycles. The molecule has 1 fully saturated rings. The molecule has 2 aromatic rings. The minimum absolute atomic E-state index is 0.110. The van der Waals surface area contributed by atoms with E-state index in [9.17, 15) is 4.79 Å². The van der Waals surface area contributed by atoms with Gasteiger partial charge in [-0.15, -0.1) is 0 Å². The molecule has 0 atom stereocenters. The zero-order chi connectivity index (χ0) is 17.3. The molecule has 0 bridgehead atoms. The number of amides is 1. The highest BCUT2D eigenvalue weighted by atomic mass is 79.9. The van der Waals surface area contributed by atoms with E-state index in [0.717, 1.165) is 39.7 Å². The van der Waals surface area contributed by atoms with Crippen LogP contribution in [0.1, 0.15) is 11.4 Å². The molecule has 1 aromatic heterocycles. The Hall–Kier alpha value is -1.53. The Kier molecular flexibility index (Phi) is 5.15. The standard InChI is InChI=1S/C17H20BrClN4O/c1-12-17(18)13(2)23(20-12)11-16(24)22-8-6-21(7-9-22)15-5-3-4-14(19)10-15/h3-5,10H,6-9,11H2,1-2H3. The Morgan fingerprint density at radius 1 is 1.25 bits per heavy atom. The summed E-state index contributed by atoms with van der Waals surface area (Å²) in [7, 11) is 0. The van der Waals surface area contributed by atoms with Crippen LogP contribution < -0.4 is 4.90 Å². The van der Waals surface area contributed by atoms with Gasteiger partial charge in [0.25, 0.3) is 0 Å². The van der Waals surface area contributed by atoms with Crippen molar-refractivity contribution in [3.05, 3.63) is 45.1 Å². The summed E-state index contributed by atoms with van der Waals surface area (Å²) in [6, 6.07) is 7.84. The average molecular weight is 412 g/mol. The fourth-order valence-electron chi connectivity index (χ4n) is 2.94. The summed E-state index contributed by atoms with van der Waals surface area (Å²) in [6.07, 6.45) is 0. The predicted molar refractivity (Wildman–Crippen MR) is 99.6 cm³/mol. The van der Waals surface area contributed by atoms with E-state index >= 15 is 0 Å². The third kappa shape index (κ3) is 3.59. The molecule has 0 N–H and O–H groups in total. The third-order valence-electron chi connectivity index (χ3n) is 4.38. The maximum absolute atomic E-state index is 12.5. The van der Waals surface area contributed by atoms with Gasteiger partial charge in [0.15, 0.2) is 0 Å². The van der Waals surface area contributed by atoms with Gasteiger partial charge in [0, 0.05) is 36.9 Å². The lowest BCUT2D eigenvalue weighted by Crippen LogP contribution is -2.49. The van der Waals surface area contributed by atoms with Gasteiger partial charge in [0.2, 0.25) is 5.91 Å². The highest BCUT2D eigenvalue weighted by Gasteiger charge is 2.22. The van der Waals surface area contributed by atoms with Crippen LogP contribution in [0.4, 0.5) is 5.69 Å². The Balaban J connectivity index is 1.60. The highest BCUT2D eigenvalue weighted by Crippen LogP contribution is 2.22. The molecule has 0 unspecified atom stereocenters. The van der Waals surface area contributed by atoms with Crippen LogP contribution in [-0.2, 0) is 11.3 Å². The van der Waals surface area contributed by atoms with E-state index in [0.29, 0.717) is 13.1 Å². The fraction of sp³-hybridized carbons (Fsp3) is 0.412. The van der Waals surface area contributed by atoms with Crippen molar-refractivity contribution in [2.24, 2.45) is 0 Å². The lowest BCUT2D eigenvalue weighted by Gasteiger charge is -2.36. The van der Waals surface area contributed by atoms with Crippen molar-refractivity contribution in [1.82, 2.24) is 14.7 Å². The smallest absolute Gasteiger partial charge is 0.244 e. The lowest BCUT2D eigenvalue weighted by molar-refractivity contribution is -0.132. The van der Waals surface area contributed by atoms with E-state index in [4.69, 9.17) is 11.6 Å². The summed E-state index contributed by atoms with van der Waals surface area (Å²) in [6.45, 7) is 7.24. The van der Waals surface area contributed by atoms with Gasteiger partial charge in [-0.1, -0.05) is 17.7 Å². The number of carbonyl (C=O) groups excluding carboxylic acids is 1. The number of hydrogen-bond donors (Lipinski definition) is 0. The molecule has 2 heterocycles. The summed E-state index contributed by atoms with van der Waals surface area (Å²) in [5.41, 5.74) is 3.00. The van der Waals surface area contributed by atoms with Crippen LogP contribution in [0.3, 0.4) is 0 Å². The quantitative estimate of drug-likeness (QED) is 0.778. The molecule has 5 nitrogen and oxygen atoms in total. The molecule has 1 amide bonds. The molecular formula is C17H20BrClN4O. The molecule has 1 aliphatic heterocycles. The maximum Gasteiger partial charge on any atom is 0.244 e. The number of anilines is 1. The van der Waals surface area contributed by atoms with E-state index < -0.39 is 0 Å². The third-order valence-corrected chi connectivity index (χ3v) is 5.77. The predicted octanol–water partition coefficient (Wildman–Crippen LogP) is 3.26. The maximum atomic E-state index is 12.5. The Morgan fingerprint density at radius 3 is 2.54 bits per heavy atom. The SMILES string of the molecule is Cc1nn(CC(=O)N2CCN(c3cccc(Cl)c3)CC2)c(C)c1Br. The fourth-order valence-corrected chi connectivity index (χ4v) is 3.41. The molecular weight excluding hydrogens is 392 g/mol. The van der Waals surface area contributed by atoms with Crippen molar-refractivity contribution in [2.75, 3.05) is 31.1 Å². The number of hydrogen-bond acceptors (Lipinski definition) is 3. The number of piperazine rings is 1. The number of carbonyl (C=O) groups is 1. The highest BCUT2D eigenvalue weighted by molar-refractivity contribution is 9.10. The summed E-state index contributed by atoms with van der Waals surface area (Å²) < 4.78 is 2.74. The second-order valence-electron chi connectivity index (χ2n) is 5.99. The van der Waals surface area contributed by atoms with Crippen molar-refractivity contribution in [2.45, 2.75) is 20.4 Å². The van der Waals surface area contributed by atoms with Gasteiger partial charge in [0.1, 0.15) is 6.54 Å². The first-order valence-corrected chi connectivity index (χ1v) is 9.10. The lowest BCUT2D eigenvalue weighted by atomic mass is 10.2. The van der Waals surface area contributed by atoms with Crippen LogP contribution in [0.2, 0.25) is 5.02 Å². The number of nitrogens with zero attached hydrogens (tertiary/aromatic N) is 4. The molecule has 1 saturated heterocycles. The minimum atomic E-state index is 0.110. The second-order valence-corrected chi connectivity index (χ2v) is 7.22. The van der Waals surface area contributed by atoms with Crippen LogP contribution in [0, 0.1) is 13.8 Å². The number of benzene rings is 1. The first-order chi connectivity index (χ1) is 11.5. The van der Waals surface area contributed by atoms with Crippen LogP contribution in [0.15, 0.2) is 28.7 Å². The summed E-state index contributed by atoms with van der Waals surface area (Å²) in [5.74, 6) is 0.110. The monoisotopic (exact) mass is 410 g/mol. The normalized spacial score (nSPS) is 15.0. The van der Waals surface area contributed by atoms with E-state index in [2.05, 4.69) is 32.0 Å². The molecule has 7 heteroatoms. The van der Waals surface area contributed by atoms with Gasteiger partial charge < -0.3 is 9.80 Å². The molecule has 0 aliphatic carbocycles. The molecule has 128 valence electrons. The van der Waals surface area contributed by atoms with E-state index in [1.165, 1.54) is 0 Å². The van der Waals surface area contributed by atoms with Gasteiger partial charge in [-0.2, -0.15) is 5.10 Å². The zero-order valence-electron chi connectivity index (χ0n) is 13.8. The Morgan fingerprint density at radius 2 is 1.96 bits per heavy atom. The van der Waals surface area contributed by atoms with Crippen molar-refractivity contribution >= 4 is 39.1 Å². The van der Waals surface area contributed by atoms with E-state index in [1.807, 2.05) is 36.9 Å². The van der Waals surface area contributed by atoms with Crippen LogP contribution in [0.5, 0.6) is 0 Å². The van der Waals surface area contributed by atoms with Crippen LogP contribution in [-0.4, -0.2) is 46.8 Å². The van der Waals surface area contributed by atoms with Gasteiger partial charge in [0.05, 0.1) is 15.9 Å². The number of halogens is 2. The molecule has 0 radical (unpaired) electrons. The van der Waals surface area contributed by atoms with Crippen LogP contribution in [0.25, 0.3) is 0 Å². The minimum Gasteiger partial charge on any atom is -0.368 e. The first kappa shape index (κ1) is 17.3. The van der Waals surface area contributed by atoms with E-state index in [-0.39, 0.29) is 12.5 Å². The van der Waals surface area contributed by atoms with Gasteiger partial charge in [-0.25, -0.2) is 0 Å². The first-order valence-electron chi connectivity index (χ1n) is 7.93. The Bertz CT molecular complexity index is 753. The molecule has 0 spiro atoms. The largest absolute Gasteiger partial charge is 0.368 e. The molecule has 3 rings (SSSR count). The van der Waals surface area contributed by atoms with Crippen molar-refractivity contribution in [3.63, 3.8) is 0 Å². The van der Waals surface area contributed by atoms with Gasteiger partial charge >= 0.3 is 0 Å². The average Bonchev–Trinajstić information content (AvgIpc) is 2.82. The number of aryl methyl sites for hydroxylation is 1. The second kappa shape index (κ2) is 7.15. The van der Waals surface area contributed by atoms with Crippen molar-refractivity contribution in [3.8, 4) is 0 Å².